The Labute approximate surface area is 157 Å². The van der Waals surface area contributed by atoms with Crippen LogP contribution in [-0.2, 0) is 6.54 Å². The summed E-state index contributed by atoms with van der Waals surface area (Å²) in [5.74, 6) is 0.985. The first-order valence-corrected chi connectivity index (χ1v) is 9.80. The Bertz CT molecular complexity index is 851. The Morgan fingerprint density at radius 1 is 1.28 bits per heavy atom. The zero-order chi connectivity index (χ0) is 17.2. The third kappa shape index (κ3) is 3.50. The molecule has 2 aromatic heterocycles. The highest BCUT2D eigenvalue weighted by atomic mass is 35.5. The summed E-state index contributed by atoms with van der Waals surface area (Å²) < 4.78 is 1.26. The van der Waals surface area contributed by atoms with Crippen LogP contribution in [0.5, 0.6) is 0 Å². The quantitative estimate of drug-likeness (QED) is 0.662. The molecule has 1 unspecified atom stereocenters. The lowest BCUT2D eigenvalue weighted by atomic mass is 10.2. The van der Waals surface area contributed by atoms with Gasteiger partial charge in [-0.25, -0.2) is 0 Å². The lowest BCUT2D eigenvalue weighted by molar-refractivity contribution is 0.305. The van der Waals surface area contributed by atoms with E-state index in [2.05, 4.69) is 45.2 Å². The van der Waals surface area contributed by atoms with Gasteiger partial charge in [0, 0.05) is 46.8 Å². The minimum absolute atomic E-state index is 0.481. The van der Waals surface area contributed by atoms with E-state index in [1.807, 2.05) is 18.2 Å². The number of anilines is 1. The Morgan fingerprint density at radius 2 is 2.16 bits per heavy atom. The van der Waals surface area contributed by atoms with E-state index in [1.54, 1.807) is 17.5 Å². The molecule has 0 bridgehead atoms. The van der Waals surface area contributed by atoms with Crippen molar-refractivity contribution < 1.29 is 0 Å². The number of likely N-dealkylation sites (N-methyl/N-ethyl adjacent to an activating group) is 1. The average molecular weight is 373 g/mol. The van der Waals surface area contributed by atoms with Crippen LogP contribution in [0.15, 0.2) is 42.6 Å². The Hall–Kier alpha value is -1.69. The molecule has 130 valence electrons. The molecule has 3 heterocycles. The van der Waals surface area contributed by atoms with Crippen molar-refractivity contribution in [1.29, 1.82) is 0 Å². The fraction of sp³-hybridized carbons (Fsp3) is 0.368. The van der Waals surface area contributed by atoms with Gasteiger partial charge in [-0.15, -0.1) is 16.4 Å². The number of fused-ring (bicyclic) bond motifs is 1. The van der Waals surface area contributed by atoms with Gasteiger partial charge in [0.05, 0.1) is 5.02 Å². The van der Waals surface area contributed by atoms with Crippen molar-refractivity contribution in [2.75, 3.05) is 25.0 Å². The van der Waals surface area contributed by atoms with Crippen LogP contribution in [0.25, 0.3) is 10.1 Å². The summed E-state index contributed by atoms with van der Waals surface area (Å²) in [4.78, 5) is 6.00. The number of benzene rings is 1. The predicted octanol–water partition coefficient (Wildman–Crippen LogP) is 4.45. The SMILES string of the molecule is CN(Cc1sc2ccccc2c1Cl)CC1CCCN1c1cccnn1. The van der Waals surface area contributed by atoms with E-state index < -0.39 is 0 Å². The molecule has 0 spiro atoms. The van der Waals surface area contributed by atoms with Gasteiger partial charge in [0.1, 0.15) is 0 Å². The minimum atomic E-state index is 0.481. The van der Waals surface area contributed by atoms with E-state index in [9.17, 15) is 0 Å². The Kier molecular flexibility index (Phi) is 4.88. The molecule has 1 aromatic carbocycles. The first-order valence-electron chi connectivity index (χ1n) is 8.61. The predicted molar refractivity (Wildman–Crippen MR) is 106 cm³/mol. The number of nitrogens with zero attached hydrogens (tertiary/aromatic N) is 4. The maximum absolute atomic E-state index is 6.60. The fourth-order valence-electron chi connectivity index (χ4n) is 3.61. The van der Waals surface area contributed by atoms with Gasteiger partial charge in [-0.05, 0) is 38.1 Å². The molecular weight excluding hydrogens is 352 g/mol. The zero-order valence-corrected chi connectivity index (χ0v) is 15.8. The van der Waals surface area contributed by atoms with Crippen LogP contribution in [0.3, 0.4) is 0 Å². The first kappa shape index (κ1) is 16.8. The highest BCUT2D eigenvalue weighted by molar-refractivity contribution is 7.19. The summed E-state index contributed by atoms with van der Waals surface area (Å²) in [6, 6.07) is 12.8. The van der Waals surface area contributed by atoms with Crippen LogP contribution in [0.1, 0.15) is 17.7 Å². The van der Waals surface area contributed by atoms with Crippen LogP contribution >= 0.6 is 22.9 Å². The largest absolute Gasteiger partial charge is 0.351 e. The lowest BCUT2D eigenvalue weighted by Gasteiger charge is -2.29. The van der Waals surface area contributed by atoms with Crippen LogP contribution in [0, 0.1) is 0 Å². The summed E-state index contributed by atoms with van der Waals surface area (Å²) in [5, 5.41) is 10.4. The van der Waals surface area contributed by atoms with Gasteiger partial charge in [-0.3, -0.25) is 4.90 Å². The van der Waals surface area contributed by atoms with E-state index in [-0.39, 0.29) is 0 Å². The van der Waals surface area contributed by atoms with Crippen molar-refractivity contribution in [3.8, 4) is 0 Å². The monoisotopic (exact) mass is 372 g/mol. The van der Waals surface area contributed by atoms with Crippen LogP contribution < -0.4 is 4.90 Å². The van der Waals surface area contributed by atoms with Crippen molar-refractivity contribution in [3.05, 3.63) is 52.5 Å². The second-order valence-electron chi connectivity index (χ2n) is 6.60. The molecule has 1 saturated heterocycles. The molecule has 1 atom stereocenters. The molecule has 4 nitrogen and oxygen atoms in total. The second kappa shape index (κ2) is 7.28. The fourth-order valence-corrected chi connectivity index (χ4v) is 5.18. The molecule has 0 aliphatic carbocycles. The molecule has 0 amide bonds. The molecule has 0 saturated carbocycles. The number of aromatic nitrogens is 2. The van der Waals surface area contributed by atoms with Gasteiger partial charge in [0.15, 0.2) is 5.82 Å². The molecule has 0 radical (unpaired) electrons. The van der Waals surface area contributed by atoms with Gasteiger partial charge >= 0.3 is 0 Å². The zero-order valence-electron chi connectivity index (χ0n) is 14.2. The van der Waals surface area contributed by atoms with Crippen molar-refractivity contribution in [3.63, 3.8) is 0 Å². The van der Waals surface area contributed by atoms with Gasteiger partial charge in [-0.2, -0.15) is 5.10 Å². The molecule has 1 fully saturated rings. The van der Waals surface area contributed by atoms with Gasteiger partial charge < -0.3 is 4.90 Å². The molecule has 4 rings (SSSR count). The lowest BCUT2D eigenvalue weighted by Crippen LogP contribution is -2.39. The molecular formula is C19H21ClN4S. The van der Waals surface area contributed by atoms with E-state index in [0.717, 1.165) is 30.5 Å². The van der Waals surface area contributed by atoms with Crippen molar-refractivity contribution in [2.24, 2.45) is 0 Å². The smallest absolute Gasteiger partial charge is 0.151 e. The van der Waals surface area contributed by atoms with E-state index in [4.69, 9.17) is 11.6 Å². The topological polar surface area (TPSA) is 32.3 Å². The van der Waals surface area contributed by atoms with Gasteiger partial charge in [0.2, 0.25) is 0 Å². The number of rotatable bonds is 5. The minimum Gasteiger partial charge on any atom is -0.351 e. The Morgan fingerprint density at radius 3 is 2.96 bits per heavy atom. The standard InChI is InChI=1S/C19H21ClN4S/c1-23(13-17-19(20)15-7-2-3-8-16(15)25-17)12-14-6-5-11-24(14)18-9-4-10-21-22-18/h2-4,7-10,14H,5-6,11-13H2,1H3. The normalized spacial score (nSPS) is 17.7. The van der Waals surface area contributed by atoms with Crippen molar-refractivity contribution in [2.45, 2.75) is 25.4 Å². The second-order valence-corrected chi connectivity index (χ2v) is 8.12. The molecule has 1 aliphatic rings. The average Bonchev–Trinajstić information content (AvgIpc) is 3.21. The summed E-state index contributed by atoms with van der Waals surface area (Å²) in [6.07, 6.45) is 4.13. The number of halogens is 1. The molecule has 25 heavy (non-hydrogen) atoms. The van der Waals surface area contributed by atoms with Crippen LogP contribution in [0.4, 0.5) is 5.82 Å². The molecule has 3 aromatic rings. The number of hydrogen-bond acceptors (Lipinski definition) is 5. The first-order chi connectivity index (χ1) is 12.2. The highest BCUT2D eigenvalue weighted by Gasteiger charge is 2.27. The number of thiophene rings is 1. The van der Waals surface area contributed by atoms with E-state index >= 15 is 0 Å². The third-order valence-electron chi connectivity index (χ3n) is 4.77. The van der Waals surface area contributed by atoms with Gasteiger partial charge in [0.25, 0.3) is 0 Å². The maximum atomic E-state index is 6.60. The summed E-state index contributed by atoms with van der Waals surface area (Å²) in [7, 11) is 2.17. The third-order valence-corrected chi connectivity index (χ3v) is 6.47. The molecule has 6 heteroatoms. The number of hydrogen-bond donors (Lipinski definition) is 0. The van der Waals surface area contributed by atoms with Gasteiger partial charge in [-0.1, -0.05) is 29.8 Å². The summed E-state index contributed by atoms with van der Waals surface area (Å²) in [6.45, 7) is 2.94. The highest BCUT2D eigenvalue weighted by Crippen LogP contribution is 2.36. The van der Waals surface area contributed by atoms with Crippen molar-refractivity contribution in [1.82, 2.24) is 15.1 Å². The van der Waals surface area contributed by atoms with Crippen LogP contribution in [-0.4, -0.2) is 41.3 Å². The van der Waals surface area contributed by atoms with Crippen molar-refractivity contribution >= 4 is 38.8 Å². The summed E-state index contributed by atoms with van der Waals surface area (Å²) in [5.41, 5.74) is 0. The molecule has 0 N–H and O–H groups in total. The maximum Gasteiger partial charge on any atom is 0.151 e. The van der Waals surface area contributed by atoms with E-state index in [0.29, 0.717) is 6.04 Å². The van der Waals surface area contributed by atoms with Crippen LogP contribution in [0.2, 0.25) is 5.02 Å². The Balaban J connectivity index is 1.46. The molecule has 1 aliphatic heterocycles. The summed E-state index contributed by atoms with van der Waals surface area (Å²) >= 11 is 8.40. The van der Waals surface area contributed by atoms with E-state index in [1.165, 1.54) is 27.8 Å².